The lowest BCUT2D eigenvalue weighted by Gasteiger charge is -2.02. The van der Waals surface area contributed by atoms with Gasteiger partial charge in [0.15, 0.2) is 0 Å². The van der Waals surface area contributed by atoms with Crippen molar-refractivity contribution in [2.45, 2.75) is 6.42 Å². The van der Waals surface area contributed by atoms with Gasteiger partial charge in [0.05, 0.1) is 0 Å². The molecule has 0 aliphatic heterocycles. The highest BCUT2D eigenvalue weighted by Crippen LogP contribution is 2.12. The molecule has 5 heteroatoms. The van der Waals surface area contributed by atoms with Crippen LogP contribution in [0.25, 0.3) is 0 Å². The Kier molecular flexibility index (Phi) is 3.38. The molecule has 0 heterocycles. The third kappa shape index (κ3) is 3.38. The Balaban J connectivity index is 2.86. The summed E-state index contributed by atoms with van der Waals surface area (Å²) in [5.41, 5.74) is 5.50. The van der Waals surface area contributed by atoms with Gasteiger partial charge in [0, 0.05) is 24.3 Å². The summed E-state index contributed by atoms with van der Waals surface area (Å²) in [7, 11) is 0. The molecule has 3 N–H and O–H groups in total. The lowest BCUT2D eigenvalue weighted by atomic mass is 10.1. The standard InChI is InChI=1S/C10H9F2NO2/c11-7-2-1-6(9(12)4-7)3-8(13)5-10(14)15/h1-2,4-5H,3,13H2,(H,14,15)/b8-5+. The number of allylic oxidation sites excluding steroid dienone is 1. The van der Waals surface area contributed by atoms with E-state index in [0.717, 1.165) is 18.2 Å². The van der Waals surface area contributed by atoms with Crippen LogP contribution in [0.3, 0.4) is 0 Å². The second-order valence-electron chi connectivity index (χ2n) is 2.97. The first-order valence-electron chi connectivity index (χ1n) is 4.12. The number of benzene rings is 1. The van der Waals surface area contributed by atoms with E-state index in [0.29, 0.717) is 0 Å². The molecule has 1 aromatic carbocycles. The van der Waals surface area contributed by atoms with E-state index in [2.05, 4.69) is 0 Å². The molecular weight excluding hydrogens is 204 g/mol. The van der Waals surface area contributed by atoms with Crippen molar-refractivity contribution in [1.29, 1.82) is 0 Å². The van der Waals surface area contributed by atoms with Gasteiger partial charge >= 0.3 is 5.97 Å². The summed E-state index contributed by atoms with van der Waals surface area (Å²) >= 11 is 0. The van der Waals surface area contributed by atoms with E-state index in [4.69, 9.17) is 10.8 Å². The second kappa shape index (κ2) is 4.54. The number of aliphatic carboxylic acids is 1. The van der Waals surface area contributed by atoms with Crippen molar-refractivity contribution in [2.24, 2.45) is 5.73 Å². The van der Waals surface area contributed by atoms with E-state index in [1.165, 1.54) is 6.07 Å². The Bertz CT molecular complexity index is 416. The van der Waals surface area contributed by atoms with Crippen molar-refractivity contribution in [2.75, 3.05) is 0 Å². The van der Waals surface area contributed by atoms with Crippen molar-refractivity contribution in [3.05, 3.63) is 47.2 Å². The van der Waals surface area contributed by atoms with Gasteiger partial charge in [-0.2, -0.15) is 0 Å². The minimum absolute atomic E-state index is 0.00741. The quantitative estimate of drug-likeness (QED) is 0.746. The lowest BCUT2D eigenvalue weighted by molar-refractivity contribution is -0.131. The fourth-order valence-corrected chi connectivity index (χ4v) is 1.09. The van der Waals surface area contributed by atoms with Crippen LogP contribution in [0.15, 0.2) is 30.0 Å². The minimum Gasteiger partial charge on any atom is -0.478 e. The Hall–Kier alpha value is -1.91. The van der Waals surface area contributed by atoms with Crippen LogP contribution in [-0.4, -0.2) is 11.1 Å². The number of hydrogen-bond donors (Lipinski definition) is 2. The largest absolute Gasteiger partial charge is 0.478 e. The van der Waals surface area contributed by atoms with Gasteiger partial charge in [-0.15, -0.1) is 0 Å². The van der Waals surface area contributed by atoms with Crippen molar-refractivity contribution in [1.82, 2.24) is 0 Å². The SMILES string of the molecule is N/C(=C/C(=O)O)Cc1ccc(F)cc1F. The molecule has 3 nitrogen and oxygen atoms in total. The number of carboxylic acid groups (broad SMARTS) is 1. The van der Waals surface area contributed by atoms with Crippen LogP contribution in [0.1, 0.15) is 5.56 Å². The fraction of sp³-hybridized carbons (Fsp3) is 0.100. The van der Waals surface area contributed by atoms with E-state index in [-0.39, 0.29) is 17.7 Å². The number of rotatable bonds is 3. The summed E-state index contributed by atoms with van der Waals surface area (Å²) in [5, 5.41) is 8.37. The van der Waals surface area contributed by atoms with E-state index in [1.807, 2.05) is 0 Å². The maximum absolute atomic E-state index is 13.1. The minimum atomic E-state index is -1.20. The van der Waals surface area contributed by atoms with Gasteiger partial charge in [0.25, 0.3) is 0 Å². The van der Waals surface area contributed by atoms with Crippen molar-refractivity contribution in [3.8, 4) is 0 Å². The number of hydrogen-bond acceptors (Lipinski definition) is 2. The first-order chi connectivity index (χ1) is 6.99. The molecule has 0 saturated carbocycles. The predicted molar refractivity (Wildman–Crippen MR) is 50.0 cm³/mol. The molecule has 0 fully saturated rings. The number of nitrogens with two attached hydrogens (primary N) is 1. The van der Waals surface area contributed by atoms with Gasteiger partial charge in [-0.1, -0.05) is 6.07 Å². The molecular formula is C10H9F2NO2. The van der Waals surface area contributed by atoms with Gasteiger partial charge in [-0.05, 0) is 11.6 Å². The average Bonchev–Trinajstić information content (AvgIpc) is 2.08. The van der Waals surface area contributed by atoms with Crippen molar-refractivity contribution >= 4 is 5.97 Å². The molecule has 1 rings (SSSR count). The predicted octanol–water partition coefficient (Wildman–Crippen LogP) is 1.43. The van der Waals surface area contributed by atoms with Gasteiger partial charge < -0.3 is 10.8 Å². The lowest BCUT2D eigenvalue weighted by Crippen LogP contribution is -2.06. The molecule has 0 unspecified atom stereocenters. The molecule has 0 radical (unpaired) electrons. The van der Waals surface area contributed by atoms with Gasteiger partial charge in [0.1, 0.15) is 11.6 Å². The zero-order valence-corrected chi connectivity index (χ0v) is 7.71. The molecule has 0 spiro atoms. The fourth-order valence-electron chi connectivity index (χ4n) is 1.09. The summed E-state index contributed by atoms with van der Waals surface area (Å²) in [6.45, 7) is 0. The van der Waals surface area contributed by atoms with E-state index in [9.17, 15) is 13.6 Å². The first kappa shape index (κ1) is 11.2. The van der Waals surface area contributed by atoms with Crippen molar-refractivity contribution < 1.29 is 18.7 Å². The zero-order valence-electron chi connectivity index (χ0n) is 7.71. The molecule has 0 aliphatic carbocycles. The molecule has 0 saturated heterocycles. The van der Waals surface area contributed by atoms with Crippen LogP contribution in [0.2, 0.25) is 0 Å². The van der Waals surface area contributed by atoms with Crippen LogP contribution >= 0.6 is 0 Å². The summed E-state index contributed by atoms with van der Waals surface area (Å²) in [5.74, 6) is -2.62. The first-order valence-corrected chi connectivity index (χ1v) is 4.12. The normalized spacial score (nSPS) is 11.5. The van der Waals surface area contributed by atoms with Crippen LogP contribution in [-0.2, 0) is 11.2 Å². The number of halogens is 2. The average molecular weight is 213 g/mol. The molecule has 1 aromatic rings. The highest BCUT2D eigenvalue weighted by molar-refractivity contribution is 5.80. The van der Waals surface area contributed by atoms with Crippen LogP contribution in [0.5, 0.6) is 0 Å². The molecule has 0 bridgehead atoms. The Morgan fingerprint density at radius 2 is 2.13 bits per heavy atom. The smallest absolute Gasteiger partial charge is 0.330 e. The van der Waals surface area contributed by atoms with Gasteiger partial charge in [-0.3, -0.25) is 0 Å². The molecule has 15 heavy (non-hydrogen) atoms. The summed E-state index contributed by atoms with van der Waals surface area (Å²) in [6, 6.07) is 3.04. The van der Waals surface area contributed by atoms with Crippen LogP contribution < -0.4 is 5.73 Å². The molecule has 0 aliphatic rings. The molecule has 80 valence electrons. The second-order valence-corrected chi connectivity index (χ2v) is 2.97. The Morgan fingerprint density at radius 3 is 2.67 bits per heavy atom. The summed E-state index contributed by atoms with van der Waals surface area (Å²) in [6.07, 6.45) is 0.723. The highest BCUT2D eigenvalue weighted by Gasteiger charge is 2.05. The monoisotopic (exact) mass is 213 g/mol. The van der Waals surface area contributed by atoms with Gasteiger partial charge in [0.2, 0.25) is 0 Å². The molecule has 0 aromatic heterocycles. The Labute approximate surface area is 84.8 Å². The van der Waals surface area contributed by atoms with Crippen molar-refractivity contribution in [3.63, 3.8) is 0 Å². The zero-order chi connectivity index (χ0) is 11.4. The molecule has 0 atom stereocenters. The van der Waals surface area contributed by atoms with E-state index >= 15 is 0 Å². The van der Waals surface area contributed by atoms with E-state index in [1.54, 1.807) is 0 Å². The topological polar surface area (TPSA) is 63.3 Å². The van der Waals surface area contributed by atoms with E-state index < -0.39 is 17.6 Å². The third-order valence-electron chi connectivity index (χ3n) is 1.72. The summed E-state index contributed by atoms with van der Waals surface area (Å²) < 4.78 is 25.6. The Morgan fingerprint density at radius 1 is 1.47 bits per heavy atom. The summed E-state index contributed by atoms with van der Waals surface area (Å²) in [4.78, 5) is 10.2. The van der Waals surface area contributed by atoms with Gasteiger partial charge in [-0.25, -0.2) is 13.6 Å². The third-order valence-corrected chi connectivity index (χ3v) is 1.72. The maximum atomic E-state index is 13.1. The maximum Gasteiger partial charge on any atom is 0.330 e. The number of carboxylic acids is 1. The highest BCUT2D eigenvalue weighted by atomic mass is 19.1. The number of carbonyl (C=O) groups is 1. The van der Waals surface area contributed by atoms with Crippen LogP contribution in [0.4, 0.5) is 8.78 Å². The molecule has 0 amide bonds. The van der Waals surface area contributed by atoms with Crippen LogP contribution in [0, 0.1) is 11.6 Å².